The molecule has 33 heavy (non-hydrogen) atoms. The fourth-order valence-corrected chi connectivity index (χ4v) is 6.39. The van der Waals surface area contributed by atoms with Crippen molar-refractivity contribution in [2.24, 2.45) is 11.8 Å². The van der Waals surface area contributed by atoms with Gasteiger partial charge >= 0.3 is 0 Å². The van der Waals surface area contributed by atoms with Crippen molar-refractivity contribution in [1.29, 1.82) is 0 Å². The first-order valence-corrected chi connectivity index (χ1v) is 11.9. The van der Waals surface area contributed by atoms with Crippen LogP contribution >= 0.6 is 0 Å². The molecule has 3 fully saturated rings. The number of ether oxygens (including phenoxy) is 1. The van der Waals surface area contributed by atoms with Crippen LogP contribution in [0.2, 0.25) is 0 Å². The van der Waals surface area contributed by atoms with E-state index in [1.165, 1.54) is 4.90 Å². The zero-order valence-electron chi connectivity index (χ0n) is 20.1. The predicted octanol–water partition coefficient (Wildman–Crippen LogP) is 1.91. The smallest absolute Gasteiger partial charge is 0.250 e. The van der Waals surface area contributed by atoms with Crippen LogP contribution in [0, 0.1) is 25.7 Å². The molecule has 2 bridgehead atoms. The second-order valence-corrected chi connectivity index (χ2v) is 9.75. The molecule has 3 amide bonds. The van der Waals surface area contributed by atoms with E-state index in [1.54, 1.807) is 7.05 Å². The lowest BCUT2D eigenvalue weighted by Gasteiger charge is -2.37. The standard InChI is InChI=1S/C25H35N3O5/c1-6-16(13-29)28-20(22(31)27-17-12-14(3)8-9-15(17)4)25-11-10-24(7-2,33-25)18(21(30)26-5)19(25)23(28)32/h8-9,12,16,18-20,29H,6-7,10-11,13H2,1-5H3,(H,26,30)(H,27,31)/t16-,18-,19-,20?,24+,25?/m0/s1. The van der Waals surface area contributed by atoms with Gasteiger partial charge in [0.2, 0.25) is 17.7 Å². The molecule has 0 saturated carbocycles. The number of aryl methyl sites for hydroxylation is 2. The van der Waals surface area contributed by atoms with E-state index < -0.39 is 35.1 Å². The monoisotopic (exact) mass is 457 g/mol. The number of benzene rings is 1. The minimum atomic E-state index is -1.09. The first-order chi connectivity index (χ1) is 15.7. The number of rotatable bonds is 7. The van der Waals surface area contributed by atoms with Crippen LogP contribution in [-0.4, -0.2) is 64.7 Å². The Labute approximate surface area is 195 Å². The van der Waals surface area contributed by atoms with Crippen molar-refractivity contribution < 1.29 is 24.2 Å². The Kier molecular flexibility index (Phi) is 6.03. The molecular weight excluding hydrogens is 422 g/mol. The Hall–Kier alpha value is -2.45. The third-order valence-corrected chi connectivity index (χ3v) is 8.12. The van der Waals surface area contributed by atoms with Gasteiger partial charge in [-0.25, -0.2) is 0 Å². The second-order valence-electron chi connectivity index (χ2n) is 9.75. The molecular formula is C25H35N3O5. The van der Waals surface area contributed by atoms with E-state index in [0.717, 1.165) is 11.1 Å². The highest BCUT2D eigenvalue weighted by atomic mass is 16.5. The molecule has 3 heterocycles. The van der Waals surface area contributed by atoms with E-state index in [-0.39, 0.29) is 24.3 Å². The number of carbonyl (C=O) groups excluding carboxylic acids is 3. The summed E-state index contributed by atoms with van der Waals surface area (Å²) in [6.07, 6.45) is 2.21. The topological polar surface area (TPSA) is 108 Å². The average molecular weight is 458 g/mol. The lowest BCUT2D eigenvalue weighted by molar-refractivity contribution is -0.149. The summed E-state index contributed by atoms with van der Waals surface area (Å²) in [6, 6.07) is 4.37. The summed E-state index contributed by atoms with van der Waals surface area (Å²) in [5, 5.41) is 15.8. The van der Waals surface area contributed by atoms with Gasteiger partial charge in [0.15, 0.2) is 0 Å². The molecule has 8 heteroatoms. The fourth-order valence-electron chi connectivity index (χ4n) is 6.39. The normalized spacial score (nSPS) is 33.2. The lowest BCUT2D eigenvalue weighted by atomic mass is 9.65. The third-order valence-electron chi connectivity index (χ3n) is 8.12. The number of carbonyl (C=O) groups is 3. The van der Waals surface area contributed by atoms with E-state index in [2.05, 4.69) is 10.6 Å². The number of aliphatic hydroxyl groups excluding tert-OH is 1. The van der Waals surface area contributed by atoms with Crippen LogP contribution in [0.5, 0.6) is 0 Å². The maximum Gasteiger partial charge on any atom is 0.250 e. The summed E-state index contributed by atoms with van der Waals surface area (Å²) in [7, 11) is 1.56. The molecule has 3 N–H and O–H groups in total. The summed E-state index contributed by atoms with van der Waals surface area (Å²) in [5.74, 6) is -2.26. The Balaban J connectivity index is 1.81. The minimum Gasteiger partial charge on any atom is -0.394 e. The summed E-state index contributed by atoms with van der Waals surface area (Å²) >= 11 is 0. The molecule has 4 rings (SSSR count). The first kappa shape index (κ1) is 23.7. The van der Waals surface area contributed by atoms with Gasteiger partial charge < -0.3 is 25.4 Å². The maximum atomic E-state index is 13.9. The van der Waals surface area contributed by atoms with Gasteiger partial charge in [-0.15, -0.1) is 0 Å². The summed E-state index contributed by atoms with van der Waals surface area (Å²) < 4.78 is 6.66. The van der Waals surface area contributed by atoms with E-state index in [0.29, 0.717) is 31.4 Å². The molecule has 1 spiro atoms. The zero-order valence-corrected chi connectivity index (χ0v) is 20.1. The number of nitrogens with zero attached hydrogens (tertiary/aromatic N) is 1. The summed E-state index contributed by atoms with van der Waals surface area (Å²) in [4.78, 5) is 42.3. The van der Waals surface area contributed by atoms with Gasteiger partial charge in [0.25, 0.3) is 0 Å². The molecule has 0 radical (unpaired) electrons. The fraction of sp³-hybridized carbons (Fsp3) is 0.640. The van der Waals surface area contributed by atoms with Crippen molar-refractivity contribution in [2.75, 3.05) is 19.0 Å². The van der Waals surface area contributed by atoms with Crippen LogP contribution < -0.4 is 10.6 Å². The molecule has 3 saturated heterocycles. The predicted molar refractivity (Wildman–Crippen MR) is 123 cm³/mol. The van der Waals surface area contributed by atoms with Crippen molar-refractivity contribution >= 4 is 23.4 Å². The third kappa shape index (κ3) is 3.29. The number of hydrogen-bond donors (Lipinski definition) is 3. The van der Waals surface area contributed by atoms with Crippen molar-refractivity contribution in [2.45, 2.75) is 76.7 Å². The van der Waals surface area contributed by atoms with Crippen LogP contribution in [0.25, 0.3) is 0 Å². The van der Waals surface area contributed by atoms with Crippen LogP contribution in [0.1, 0.15) is 50.7 Å². The largest absolute Gasteiger partial charge is 0.394 e. The number of fused-ring (bicyclic) bond motifs is 1. The molecule has 3 aliphatic heterocycles. The molecule has 1 aromatic rings. The van der Waals surface area contributed by atoms with E-state index >= 15 is 0 Å². The maximum absolute atomic E-state index is 13.9. The molecule has 0 aliphatic carbocycles. The summed E-state index contributed by atoms with van der Waals surface area (Å²) in [6.45, 7) is 7.45. The Morgan fingerprint density at radius 3 is 2.58 bits per heavy atom. The van der Waals surface area contributed by atoms with Crippen LogP contribution in [0.15, 0.2) is 18.2 Å². The number of aliphatic hydroxyl groups is 1. The molecule has 0 aromatic heterocycles. The van der Waals surface area contributed by atoms with Gasteiger partial charge in [0, 0.05) is 12.7 Å². The van der Waals surface area contributed by atoms with Crippen molar-refractivity contribution in [3.63, 3.8) is 0 Å². The van der Waals surface area contributed by atoms with Gasteiger partial charge in [-0.05, 0) is 56.7 Å². The highest BCUT2D eigenvalue weighted by Gasteiger charge is 2.79. The molecule has 180 valence electrons. The molecule has 6 atom stereocenters. The Morgan fingerprint density at radius 1 is 1.24 bits per heavy atom. The Morgan fingerprint density at radius 2 is 1.97 bits per heavy atom. The average Bonchev–Trinajstić information content (AvgIpc) is 3.41. The quantitative estimate of drug-likeness (QED) is 0.580. The van der Waals surface area contributed by atoms with Gasteiger partial charge in [0.05, 0.1) is 30.1 Å². The van der Waals surface area contributed by atoms with Crippen molar-refractivity contribution in [3.8, 4) is 0 Å². The SMILES string of the molecule is CC[C@@H](CO)N1C(=O)[C@@H]2[C@@H](C(=O)NC)[C@@]3(CC)CCC2(O3)C1C(=O)Nc1cc(C)ccc1C. The minimum absolute atomic E-state index is 0.232. The van der Waals surface area contributed by atoms with Crippen molar-refractivity contribution in [3.05, 3.63) is 29.3 Å². The van der Waals surface area contributed by atoms with E-state index in [1.807, 2.05) is 45.9 Å². The number of likely N-dealkylation sites (tertiary alicyclic amines) is 1. The first-order valence-electron chi connectivity index (χ1n) is 11.9. The summed E-state index contributed by atoms with van der Waals surface area (Å²) in [5.41, 5.74) is 0.763. The van der Waals surface area contributed by atoms with Gasteiger partial charge in [-0.2, -0.15) is 0 Å². The van der Waals surface area contributed by atoms with Crippen LogP contribution in [-0.2, 0) is 19.1 Å². The van der Waals surface area contributed by atoms with Crippen LogP contribution in [0.3, 0.4) is 0 Å². The van der Waals surface area contributed by atoms with E-state index in [9.17, 15) is 19.5 Å². The van der Waals surface area contributed by atoms with Gasteiger partial charge in [-0.3, -0.25) is 14.4 Å². The number of nitrogens with one attached hydrogen (secondary N) is 2. The molecule has 3 aliphatic rings. The van der Waals surface area contributed by atoms with Gasteiger partial charge in [-0.1, -0.05) is 26.0 Å². The van der Waals surface area contributed by atoms with Crippen molar-refractivity contribution in [1.82, 2.24) is 10.2 Å². The van der Waals surface area contributed by atoms with E-state index in [4.69, 9.17) is 4.74 Å². The Bertz CT molecular complexity index is 977. The highest BCUT2D eigenvalue weighted by Crippen LogP contribution is 2.64. The lowest BCUT2D eigenvalue weighted by Crippen LogP contribution is -2.56. The zero-order chi connectivity index (χ0) is 24.1. The number of amides is 3. The molecule has 1 aromatic carbocycles. The highest BCUT2D eigenvalue weighted by molar-refractivity contribution is 6.04. The second kappa shape index (κ2) is 8.40. The number of hydrogen-bond acceptors (Lipinski definition) is 5. The number of anilines is 1. The molecule has 8 nitrogen and oxygen atoms in total. The van der Waals surface area contributed by atoms with Gasteiger partial charge in [0.1, 0.15) is 11.6 Å². The molecule has 2 unspecified atom stereocenters. The van der Waals surface area contributed by atoms with Crippen LogP contribution in [0.4, 0.5) is 5.69 Å².